The average Bonchev–Trinajstić information content (AvgIpc) is 2.95. The van der Waals surface area contributed by atoms with E-state index in [-0.39, 0.29) is 5.91 Å². The number of nitrogens with zero attached hydrogens (tertiary/aromatic N) is 6. The Bertz CT molecular complexity index is 729. The number of carbonyl (C=O) groups excluding carboxylic acids is 1. The number of aromatic nitrogens is 4. The van der Waals surface area contributed by atoms with Crippen LogP contribution in [0.25, 0.3) is 11.0 Å². The van der Waals surface area contributed by atoms with Gasteiger partial charge in [-0.3, -0.25) is 9.48 Å². The predicted molar refractivity (Wildman–Crippen MR) is 90.7 cm³/mol. The maximum atomic E-state index is 12.0. The van der Waals surface area contributed by atoms with Gasteiger partial charge in [0, 0.05) is 47.3 Å². The molecule has 3 rings (SSSR count). The summed E-state index contributed by atoms with van der Waals surface area (Å²) >= 11 is 0. The fraction of sp³-hybridized carbons (Fsp3) is 0.625. The van der Waals surface area contributed by atoms with Gasteiger partial charge in [-0.1, -0.05) is 0 Å². The number of methoxy groups -OCH3 is 1. The van der Waals surface area contributed by atoms with Gasteiger partial charge in [0.25, 0.3) is 0 Å². The van der Waals surface area contributed by atoms with Gasteiger partial charge in [0.2, 0.25) is 5.91 Å². The second-order valence-corrected chi connectivity index (χ2v) is 6.16. The Morgan fingerprint density at radius 3 is 2.92 bits per heavy atom. The van der Waals surface area contributed by atoms with Crippen molar-refractivity contribution in [2.75, 3.05) is 38.7 Å². The van der Waals surface area contributed by atoms with Crippen molar-refractivity contribution < 1.29 is 9.53 Å². The molecule has 0 unspecified atom stereocenters. The molecule has 1 aliphatic heterocycles. The van der Waals surface area contributed by atoms with Gasteiger partial charge < -0.3 is 14.5 Å². The lowest BCUT2D eigenvalue weighted by atomic mass is 10.1. The van der Waals surface area contributed by atoms with Crippen LogP contribution in [0.2, 0.25) is 0 Å². The number of fused-ring (bicyclic) bond motifs is 1. The quantitative estimate of drug-likeness (QED) is 0.784. The monoisotopic (exact) mass is 332 g/mol. The summed E-state index contributed by atoms with van der Waals surface area (Å²) in [6.07, 6.45) is 4.55. The van der Waals surface area contributed by atoms with Crippen LogP contribution in [0.15, 0.2) is 6.20 Å². The van der Waals surface area contributed by atoms with Gasteiger partial charge in [0.1, 0.15) is 12.4 Å². The van der Waals surface area contributed by atoms with E-state index in [9.17, 15) is 4.79 Å². The van der Waals surface area contributed by atoms with E-state index in [1.807, 2.05) is 19.0 Å². The van der Waals surface area contributed by atoms with Gasteiger partial charge in [-0.2, -0.15) is 5.10 Å². The molecule has 0 saturated carbocycles. The van der Waals surface area contributed by atoms with Crippen molar-refractivity contribution in [3.63, 3.8) is 0 Å². The number of ether oxygens (including phenoxy) is 1. The first-order chi connectivity index (χ1) is 11.6. The molecule has 130 valence electrons. The topological polar surface area (TPSA) is 76.4 Å². The van der Waals surface area contributed by atoms with Gasteiger partial charge in [0.15, 0.2) is 11.5 Å². The number of hydrogen-bond donors (Lipinski definition) is 0. The molecular weight excluding hydrogens is 308 g/mol. The van der Waals surface area contributed by atoms with Crippen molar-refractivity contribution in [3.05, 3.63) is 12.0 Å². The Morgan fingerprint density at radius 2 is 2.17 bits per heavy atom. The molecule has 2 aromatic heterocycles. The molecule has 1 fully saturated rings. The molecule has 24 heavy (non-hydrogen) atoms. The number of likely N-dealkylation sites (N-methyl/N-ethyl adjacent to an activating group) is 1. The van der Waals surface area contributed by atoms with Gasteiger partial charge >= 0.3 is 0 Å². The van der Waals surface area contributed by atoms with E-state index in [4.69, 9.17) is 4.74 Å². The van der Waals surface area contributed by atoms with Crippen LogP contribution in [-0.2, 0) is 23.2 Å². The zero-order valence-electron chi connectivity index (χ0n) is 14.5. The second-order valence-electron chi connectivity index (χ2n) is 6.16. The summed E-state index contributed by atoms with van der Waals surface area (Å²) in [5, 5.41) is 5.19. The van der Waals surface area contributed by atoms with Crippen molar-refractivity contribution in [1.29, 1.82) is 0 Å². The van der Waals surface area contributed by atoms with Crippen molar-refractivity contribution in [2.45, 2.75) is 25.9 Å². The summed E-state index contributed by atoms with van der Waals surface area (Å²) in [7, 11) is 5.48. The summed E-state index contributed by atoms with van der Waals surface area (Å²) < 4.78 is 6.91. The molecule has 8 heteroatoms. The Balaban J connectivity index is 1.80. The highest BCUT2D eigenvalue weighted by Gasteiger charge is 2.20. The smallest absolute Gasteiger partial charge is 0.222 e. The Morgan fingerprint density at radius 1 is 1.33 bits per heavy atom. The van der Waals surface area contributed by atoms with Crippen molar-refractivity contribution >= 4 is 22.8 Å². The Kier molecular flexibility index (Phi) is 4.94. The number of rotatable bonds is 6. The Hall–Kier alpha value is -2.22. The highest BCUT2D eigenvalue weighted by atomic mass is 16.5. The summed E-state index contributed by atoms with van der Waals surface area (Å²) in [4.78, 5) is 25.1. The Labute approximate surface area is 141 Å². The SMILES string of the molecule is COCc1nc(N(C)CCN2CCCCC2=O)c2cnn(C)c2n1. The first-order valence-corrected chi connectivity index (χ1v) is 8.26. The second kappa shape index (κ2) is 7.12. The lowest BCUT2D eigenvalue weighted by Gasteiger charge is -2.29. The van der Waals surface area contributed by atoms with E-state index in [0.717, 1.165) is 42.8 Å². The molecule has 8 nitrogen and oxygen atoms in total. The lowest BCUT2D eigenvalue weighted by Crippen LogP contribution is -2.40. The first-order valence-electron chi connectivity index (χ1n) is 8.26. The van der Waals surface area contributed by atoms with Crippen LogP contribution in [0.4, 0.5) is 5.82 Å². The zero-order valence-corrected chi connectivity index (χ0v) is 14.5. The normalized spacial score (nSPS) is 15.3. The average molecular weight is 332 g/mol. The third kappa shape index (κ3) is 3.33. The minimum atomic E-state index is 0.254. The van der Waals surface area contributed by atoms with E-state index in [1.54, 1.807) is 18.0 Å². The molecule has 1 aliphatic rings. The highest BCUT2D eigenvalue weighted by molar-refractivity contribution is 5.86. The molecule has 2 aromatic rings. The van der Waals surface area contributed by atoms with Crippen LogP contribution in [-0.4, -0.2) is 64.3 Å². The number of piperidine rings is 1. The molecule has 0 spiro atoms. The highest BCUT2D eigenvalue weighted by Crippen LogP contribution is 2.23. The number of likely N-dealkylation sites (tertiary alicyclic amines) is 1. The summed E-state index contributed by atoms with van der Waals surface area (Å²) in [5.74, 6) is 1.71. The minimum absolute atomic E-state index is 0.254. The number of carbonyl (C=O) groups is 1. The molecule has 1 saturated heterocycles. The number of anilines is 1. The molecule has 0 radical (unpaired) electrons. The zero-order chi connectivity index (χ0) is 17.1. The lowest BCUT2D eigenvalue weighted by molar-refractivity contribution is -0.133. The van der Waals surface area contributed by atoms with Crippen LogP contribution < -0.4 is 4.90 Å². The molecule has 0 atom stereocenters. The molecule has 0 aromatic carbocycles. The number of hydrogen-bond acceptors (Lipinski definition) is 6. The van der Waals surface area contributed by atoms with Gasteiger partial charge in [0.05, 0.1) is 11.6 Å². The van der Waals surface area contributed by atoms with E-state index in [0.29, 0.717) is 25.4 Å². The van der Waals surface area contributed by atoms with E-state index < -0.39 is 0 Å². The van der Waals surface area contributed by atoms with E-state index in [2.05, 4.69) is 20.0 Å². The summed E-state index contributed by atoms with van der Waals surface area (Å²) in [6, 6.07) is 0. The molecule has 0 bridgehead atoms. The molecular formula is C16H24N6O2. The summed E-state index contributed by atoms with van der Waals surface area (Å²) in [6.45, 7) is 2.64. The van der Waals surface area contributed by atoms with Crippen LogP contribution in [0.1, 0.15) is 25.1 Å². The number of amides is 1. The summed E-state index contributed by atoms with van der Waals surface area (Å²) in [5.41, 5.74) is 0.785. The molecule has 0 N–H and O–H groups in total. The van der Waals surface area contributed by atoms with Crippen LogP contribution in [0, 0.1) is 0 Å². The van der Waals surface area contributed by atoms with Crippen molar-refractivity contribution in [2.24, 2.45) is 7.05 Å². The van der Waals surface area contributed by atoms with Crippen LogP contribution in [0.3, 0.4) is 0 Å². The van der Waals surface area contributed by atoms with Gasteiger partial charge in [-0.15, -0.1) is 0 Å². The fourth-order valence-corrected chi connectivity index (χ4v) is 3.01. The van der Waals surface area contributed by atoms with Gasteiger partial charge in [-0.25, -0.2) is 9.97 Å². The standard InChI is InChI=1S/C16H24N6O2/c1-20(8-9-22-7-5-4-6-14(22)23)15-12-10-17-21(2)16(12)19-13(18-15)11-24-3/h10H,4-9,11H2,1-3H3. The maximum Gasteiger partial charge on any atom is 0.222 e. The third-order valence-corrected chi connectivity index (χ3v) is 4.38. The fourth-order valence-electron chi connectivity index (χ4n) is 3.01. The van der Waals surface area contributed by atoms with Gasteiger partial charge in [-0.05, 0) is 12.8 Å². The number of aryl methyl sites for hydroxylation is 1. The first kappa shape index (κ1) is 16.6. The van der Waals surface area contributed by atoms with E-state index >= 15 is 0 Å². The third-order valence-electron chi connectivity index (χ3n) is 4.38. The maximum absolute atomic E-state index is 12.0. The van der Waals surface area contributed by atoms with E-state index in [1.165, 1.54) is 0 Å². The molecule has 0 aliphatic carbocycles. The van der Waals surface area contributed by atoms with Crippen molar-refractivity contribution in [3.8, 4) is 0 Å². The minimum Gasteiger partial charge on any atom is -0.377 e. The molecule has 3 heterocycles. The largest absolute Gasteiger partial charge is 0.377 e. The van der Waals surface area contributed by atoms with Crippen LogP contribution >= 0.6 is 0 Å². The van der Waals surface area contributed by atoms with Crippen LogP contribution in [0.5, 0.6) is 0 Å². The molecule has 1 amide bonds. The van der Waals surface area contributed by atoms with Crippen molar-refractivity contribution in [1.82, 2.24) is 24.6 Å². The predicted octanol–water partition coefficient (Wildman–Crippen LogP) is 0.958.